The Morgan fingerprint density at radius 2 is 1.50 bits per heavy atom. The first-order valence-electron chi connectivity index (χ1n) is 5.42. The Morgan fingerprint density at radius 3 is 1.75 bits per heavy atom. The van der Waals surface area contributed by atoms with Crippen LogP contribution in [0.1, 0.15) is 20.3 Å². The number of hydrogen-bond acceptors (Lipinski definition) is 4. The van der Waals surface area contributed by atoms with Gasteiger partial charge in [-0.3, -0.25) is 0 Å². The van der Waals surface area contributed by atoms with Crippen LogP contribution in [0.3, 0.4) is 0 Å². The molecular weight excluding hydrogens is 399 g/mol. The van der Waals surface area contributed by atoms with Crippen molar-refractivity contribution in [3.05, 3.63) is 12.7 Å². The maximum atomic E-state index is 12.5. The van der Waals surface area contributed by atoms with Crippen LogP contribution in [-0.4, -0.2) is 35.0 Å². The van der Waals surface area contributed by atoms with Gasteiger partial charge in [0.1, 0.15) is 0 Å². The largest absolute Gasteiger partial charge is 0.462 e. The van der Waals surface area contributed by atoms with Crippen LogP contribution in [0.25, 0.3) is 0 Å². The van der Waals surface area contributed by atoms with Gasteiger partial charge >= 0.3 is 21.8 Å². The van der Waals surface area contributed by atoms with Crippen molar-refractivity contribution in [1.82, 2.24) is 0 Å². The van der Waals surface area contributed by atoms with Gasteiger partial charge in [-0.1, -0.05) is 6.08 Å². The second-order valence-corrected chi connectivity index (χ2v) is 4.49. The van der Waals surface area contributed by atoms with Crippen molar-refractivity contribution in [3.63, 3.8) is 0 Å². The molecule has 0 rings (SSSR count). The molecule has 0 fully saturated rings. The van der Waals surface area contributed by atoms with Crippen LogP contribution in [0.4, 0.5) is 17.6 Å². The van der Waals surface area contributed by atoms with E-state index in [1.54, 1.807) is 0 Å². The Bertz CT molecular complexity index is 329. The molecule has 0 aromatic heterocycles. The SMILES string of the molecule is C=CCC(F)(F)C(=O)OCC.CCOC(=O)C(F)(F)I. The summed E-state index contributed by atoms with van der Waals surface area (Å²) >= 11 is 0.718. The summed E-state index contributed by atoms with van der Waals surface area (Å²) < 4.78 is 53.3. The predicted molar refractivity (Wildman–Crippen MR) is 72.0 cm³/mol. The van der Waals surface area contributed by atoms with Crippen molar-refractivity contribution in [3.8, 4) is 0 Å². The third-order valence-corrected chi connectivity index (χ3v) is 1.92. The molecule has 0 N–H and O–H groups in total. The zero-order chi connectivity index (χ0) is 16.4. The molecule has 0 aromatic rings. The molecule has 0 aromatic carbocycles. The monoisotopic (exact) mass is 414 g/mol. The van der Waals surface area contributed by atoms with E-state index >= 15 is 0 Å². The number of carbonyl (C=O) groups excluding carboxylic acids is 2. The van der Waals surface area contributed by atoms with Gasteiger partial charge in [-0.25, -0.2) is 9.59 Å². The highest BCUT2D eigenvalue weighted by atomic mass is 127. The van der Waals surface area contributed by atoms with Crippen molar-refractivity contribution in [1.29, 1.82) is 0 Å². The molecule has 0 radical (unpaired) electrons. The van der Waals surface area contributed by atoms with Crippen LogP contribution >= 0.6 is 22.6 Å². The Kier molecular flexibility index (Phi) is 10.7. The average Bonchev–Trinajstić information content (AvgIpc) is 2.29. The van der Waals surface area contributed by atoms with E-state index in [0.717, 1.165) is 28.7 Å². The van der Waals surface area contributed by atoms with Crippen LogP contribution in [0, 0.1) is 0 Å². The maximum absolute atomic E-state index is 12.5. The molecule has 4 nitrogen and oxygen atoms in total. The van der Waals surface area contributed by atoms with E-state index in [0.29, 0.717) is 0 Å². The first kappa shape index (κ1) is 21.4. The number of hydrogen-bond donors (Lipinski definition) is 0. The molecular formula is C11H15F4IO4. The molecule has 0 spiro atoms. The van der Waals surface area contributed by atoms with E-state index in [9.17, 15) is 27.2 Å². The fourth-order valence-corrected chi connectivity index (χ4v) is 0.870. The van der Waals surface area contributed by atoms with Gasteiger partial charge in [-0.05, 0) is 13.8 Å². The summed E-state index contributed by atoms with van der Waals surface area (Å²) in [5, 5.41) is 0. The molecule has 0 unspecified atom stereocenters. The average molecular weight is 414 g/mol. The highest BCUT2D eigenvalue weighted by molar-refractivity contribution is 14.1. The molecule has 0 bridgehead atoms. The Labute approximate surface area is 127 Å². The highest BCUT2D eigenvalue weighted by Crippen LogP contribution is 2.23. The normalized spacial score (nSPS) is 10.9. The van der Waals surface area contributed by atoms with Crippen LogP contribution < -0.4 is 0 Å². The zero-order valence-corrected chi connectivity index (χ0v) is 13.1. The molecule has 9 heteroatoms. The fourth-order valence-electron chi connectivity index (χ4n) is 0.714. The molecule has 0 atom stereocenters. The van der Waals surface area contributed by atoms with Crippen LogP contribution in [0.15, 0.2) is 12.7 Å². The van der Waals surface area contributed by atoms with E-state index in [2.05, 4.69) is 16.1 Å². The topological polar surface area (TPSA) is 52.6 Å². The van der Waals surface area contributed by atoms with Crippen LogP contribution in [-0.2, 0) is 19.1 Å². The molecule has 118 valence electrons. The molecule has 0 aliphatic carbocycles. The van der Waals surface area contributed by atoms with Gasteiger partial charge in [-0.2, -0.15) is 17.6 Å². The highest BCUT2D eigenvalue weighted by Gasteiger charge is 2.38. The molecule has 0 amide bonds. The van der Waals surface area contributed by atoms with Gasteiger partial charge in [0.15, 0.2) is 0 Å². The molecule has 0 saturated carbocycles. The zero-order valence-electron chi connectivity index (χ0n) is 10.9. The fraction of sp³-hybridized carbons (Fsp3) is 0.636. The molecule has 0 saturated heterocycles. The number of esters is 2. The summed E-state index contributed by atoms with van der Waals surface area (Å²) in [5.41, 5.74) is 0. The third-order valence-electron chi connectivity index (χ3n) is 1.48. The number of ether oxygens (including phenoxy) is 2. The maximum Gasteiger partial charge on any atom is 0.390 e. The van der Waals surface area contributed by atoms with Gasteiger partial charge in [0.25, 0.3) is 0 Å². The van der Waals surface area contributed by atoms with Crippen molar-refractivity contribution >= 4 is 34.5 Å². The predicted octanol–water partition coefficient (Wildman–Crippen LogP) is 3.34. The molecule has 0 aliphatic rings. The Balaban J connectivity index is 0. The van der Waals surface area contributed by atoms with E-state index in [-0.39, 0.29) is 13.2 Å². The summed E-state index contributed by atoms with van der Waals surface area (Å²) in [6.45, 7) is 5.99. The minimum atomic E-state index is -3.42. The first-order valence-corrected chi connectivity index (χ1v) is 6.50. The number of allylic oxidation sites excluding steroid dienone is 1. The van der Waals surface area contributed by atoms with Crippen LogP contribution in [0.2, 0.25) is 0 Å². The van der Waals surface area contributed by atoms with Crippen molar-refractivity contribution in [2.45, 2.75) is 30.1 Å². The summed E-state index contributed by atoms with van der Waals surface area (Å²) in [4.78, 5) is 20.5. The third kappa shape index (κ3) is 9.98. The first-order chi connectivity index (χ1) is 9.02. The van der Waals surface area contributed by atoms with Crippen molar-refractivity contribution < 1.29 is 36.6 Å². The van der Waals surface area contributed by atoms with E-state index in [1.807, 2.05) is 0 Å². The Hall–Kier alpha value is -0.870. The minimum absolute atomic E-state index is 0.0164. The van der Waals surface area contributed by atoms with Gasteiger partial charge in [-0.15, -0.1) is 6.58 Å². The van der Waals surface area contributed by atoms with E-state index < -0.39 is 28.2 Å². The quantitative estimate of drug-likeness (QED) is 0.220. The van der Waals surface area contributed by atoms with E-state index in [4.69, 9.17) is 0 Å². The molecule has 0 heterocycles. The minimum Gasteiger partial charge on any atom is -0.462 e. The van der Waals surface area contributed by atoms with Crippen molar-refractivity contribution in [2.24, 2.45) is 0 Å². The lowest BCUT2D eigenvalue weighted by Gasteiger charge is -2.11. The van der Waals surface area contributed by atoms with E-state index in [1.165, 1.54) is 13.8 Å². The summed E-state index contributed by atoms with van der Waals surface area (Å²) in [5.74, 6) is -6.39. The molecule has 20 heavy (non-hydrogen) atoms. The van der Waals surface area contributed by atoms with Crippen LogP contribution in [0.5, 0.6) is 0 Å². The van der Waals surface area contributed by atoms with Gasteiger partial charge in [0.05, 0.1) is 13.2 Å². The Morgan fingerprint density at radius 1 is 1.10 bits per heavy atom. The van der Waals surface area contributed by atoms with Gasteiger partial charge in [0.2, 0.25) is 0 Å². The van der Waals surface area contributed by atoms with Crippen molar-refractivity contribution in [2.75, 3.05) is 13.2 Å². The summed E-state index contributed by atoms with van der Waals surface area (Å²) in [7, 11) is 0. The second kappa shape index (κ2) is 9.94. The molecule has 0 aliphatic heterocycles. The number of rotatable bonds is 6. The summed E-state index contributed by atoms with van der Waals surface area (Å²) in [6.07, 6.45) is 0.308. The van der Waals surface area contributed by atoms with Gasteiger partial charge in [0, 0.05) is 29.0 Å². The number of halogens is 5. The summed E-state index contributed by atoms with van der Waals surface area (Å²) in [6, 6.07) is 0. The number of carbonyl (C=O) groups is 2. The van der Waals surface area contributed by atoms with Gasteiger partial charge < -0.3 is 9.47 Å². The smallest absolute Gasteiger partial charge is 0.390 e. The lowest BCUT2D eigenvalue weighted by molar-refractivity contribution is -0.170. The second-order valence-electron chi connectivity index (χ2n) is 3.14. The lowest BCUT2D eigenvalue weighted by atomic mass is 10.2. The lowest BCUT2D eigenvalue weighted by Crippen LogP contribution is -2.29. The standard InChI is InChI=1S/C7H10F2O2.C4H5F2IO2/c1-3-5-7(8,9)6(10)11-4-2;1-2-9-3(8)4(5,6)7/h3H,1,4-5H2,2H3;2H2,1H3. The number of alkyl halides is 5.